The first-order chi connectivity index (χ1) is 13.4. The third-order valence-corrected chi connectivity index (χ3v) is 4.61. The lowest BCUT2D eigenvalue weighted by atomic mass is 10.2. The predicted molar refractivity (Wildman–Crippen MR) is 102 cm³/mol. The Morgan fingerprint density at radius 2 is 1.75 bits per heavy atom. The Bertz CT molecular complexity index is 885. The highest BCUT2D eigenvalue weighted by Crippen LogP contribution is 2.21. The maximum atomic E-state index is 11.9. The third-order valence-electron chi connectivity index (χ3n) is 3.46. The molecular formula is C18H17N3O6S. The number of amides is 2. The van der Waals surface area contributed by atoms with E-state index in [4.69, 9.17) is 4.74 Å². The van der Waals surface area contributed by atoms with Crippen molar-refractivity contribution in [3.8, 4) is 0 Å². The van der Waals surface area contributed by atoms with Gasteiger partial charge in [-0.3, -0.25) is 35.3 Å². The molecule has 28 heavy (non-hydrogen) atoms. The number of rotatable bonds is 7. The SMILES string of the molecule is Cc1ccccc1SCC(=O)OCC(=O)NNC(=O)c1ccc([N+](=O)[O-])cc1. The first kappa shape index (κ1) is 20.9. The molecule has 2 aromatic carbocycles. The summed E-state index contributed by atoms with van der Waals surface area (Å²) in [7, 11) is 0. The number of nitrogens with zero attached hydrogens (tertiary/aromatic N) is 1. The topological polar surface area (TPSA) is 128 Å². The standard InChI is InChI=1S/C18H17N3O6S/c1-12-4-2-3-5-15(12)28-11-17(23)27-10-16(22)19-20-18(24)13-6-8-14(9-7-13)21(25)26/h2-9H,10-11H2,1H3,(H,19,22)(H,20,24). The smallest absolute Gasteiger partial charge is 0.316 e. The summed E-state index contributed by atoms with van der Waals surface area (Å²) in [6.07, 6.45) is 0. The van der Waals surface area contributed by atoms with Gasteiger partial charge in [-0.2, -0.15) is 0 Å². The van der Waals surface area contributed by atoms with Crippen molar-refractivity contribution in [2.24, 2.45) is 0 Å². The molecule has 0 spiro atoms. The molecule has 0 aliphatic carbocycles. The molecule has 0 saturated heterocycles. The maximum absolute atomic E-state index is 11.9. The fourth-order valence-corrected chi connectivity index (χ4v) is 2.84. The van der Waals surface area contributed by atoms with E-state index in [1.165, 1.54) is 36.0 Å². The molecule has 9 nitrogen and oxygen atoms in total. The molecule has 2 amide bonds. The van der Waals surface area contributed by atoms with E-state index in [9.17, 15) is 24.5 Å². The molecule has 0 atom stereocenters. The number of aryl methyl sites for hydroxylation is 1. The summed E-state index contributed by atoms with van der Waals surface area (Å²) in [6, 6.07) is 12.4. The number of ether oxygens (including phenoxy) is 1. The third kappa shape index (κ3) is 6.40. The van der Waals surface area contributed by atoms with Gasteiger partial charge in [0.05, 0.1) is 10.7 Å². The molecule has 0 bridgehead atoms. The fourth-order valence-electron chi connectivity index (χ4n) is 2.01. The summed E-state index contributed by atoms with van der Waals surface area (Å²) in [5, 5.41) is 10.6. The van der Waals surface area contributed by atoms with E-state index in [0.29, 0.717) is 0 Å². The summed E-state index contributed by atoms with van der Waals surface area (Å²) >= 11 is 1.30. The van der Waals surface area contributed by atoms with Crippen LogP contribution in [0.25, 0.3) is 0 Å². The van der Waals surface area contributed by atoms with E-state index in [0.717, 1.165) is 10.5 Å². The second-order valence-electron chi connectivity index (χ2n) is 5.52. The van der Waals surface area contributed by atoms with Gasteiger partial charge in [-0.25, -0.2) is 0 Å². The minimum absolute atomic E-state index is 0.0489. The lowest BCUT2D eigenvalue weighted by Gasteiger charge is -2.08. The van der Waals surface area contributed by atoms with Crippen LogP contribution >= 0.6 is 11.8 Å². The number of esters is 1. The Balaban J connectivity index is 1.70. The van der Waals surface area contributed by atoms with Gasteiger partial charge >= 0.3 is 5.97 Å². The van der Waals surface area contributed by atoms with Gasteiger partial charge in [-0.15, -0.1) is 11.8 Å². The van der Waals surface area contributed by atoms with Crippen molar-refractivity contribution >= 4 is 35.2 Å². The van der Waals surface area contributed by atoms with Gasteiger partial charge in [-0.05, 0) is 30.7 Å². The predicted octanol–water partition coefficient (Wildman–Crippen LogP) is 2.00. The number of thioether (sulfide) groups is 1. The molecule has 0 fully saturated rings. The number of carbonyl (C=O) groups excluding carboxylic acids is 3. The summed E-state index contributed by atoms with van der Waals surface area (Å²) in [5.74, 6) is -1.90. The van der Waals surface area contributed by atoms with Crippen LogP contribution in [0.2, 0.25) is 0 Å². The molecule has 146 valence electrons. The Morgan fingerprint density at radius 1 is 1.07 bits per heavy atom. The van der Waals surface area contributed by atoms with E-state index >= 15 is 0 Å². The molecule has 0 aliphatic heterocycles. The maximum Gasteiger partial charge on any atom is 0.316 e. The van der Waals surface area contributed by atoms with E-state index in [1.807, 2.05) is 31.2 Å². The van der Waals surface area contributed by atoms with Crippen molar-refractivity contribution in [1.82, 2.24) is 10.9 Å². The van der Waals surface area contributed by atoms with E-state index in [-0.39, 0.29) is 17.0 Å². The zero-order valence-electron chi connectivity index (χ0n) is 14.8. The van der Waals surface area contributed by atoms with Crippen LogP contribution in [0.5, 0.6) is 0 Å². The summed E-state index contributed by atoms with van der Waals surface area (Å²) in [5.41, 5.74) is 5.23. The van der Waals surface area contributed by atoms with E-state index in [1.54, 1.807) is 0 Å². The molecule has 0 aliphatic rings. The van der Waals surface area contributed by atoms with Crippen LogP contribution in [-0.4, -0.2) is 35.1 Å². The number of nitro groups is 1. The number of benzene rings is 2. The number of carbonyl (C=O) groups is 3. The lowest BCUT2D eigenvalue weighted by molar-refractivity contribution is -0.384. The normalized spacial score (nSPS) is 10.0. The quantitative estimate of drug-likeness (QED) is 0.313. The van der Waals surface area contributed by atoms with Crippen molar-refractivity contribution in [2.75, 3.05) is 12.4 Å². The van der Waals surface area contributed by atoms with Gasteiger partial charge in [0.25, 0.3) is 17.5 Å². The minimum Gasteiger partial charge on any atom is -0.455 e. The first-order valence-electron chi connectivity index (χ1n) is 8.04. The molecule has 10 heteroatoms. The highest BCUT2D eigenvalue weighted by Gasteiger charge is 2.12. The highest BCUT2D eigenvalue weighted by atomic mass is 32.2. The zero-order chi connectivity index (χ0) is 20.5. The highest BCUT2D eigenvalue weighted by molar-refractivity contribution is 8.00. The van der Waals surface area contributed by atoms with Gasteiger partial charge in [-0.1, -0.05) is 18.2 Å². The summed E-state index contributed by atoms with van der Waals surface area (Å²) < 4.78 is 4.85. The van der Waals surface area contributed by atoms with Crippen LogP contribution in [-0.2, 0) is 14.3 Å². The Labute approximate surface area is 164 Å². The van der Waals surface area contributed by atoms with Gasteiger partial charge < -0.3 is 4.74 Å². The summed E-state index contributed by atoms with van der Waals surface area (Å²) in [6.45, 7) is 1.38. The van der Waals surface area contributed by atoms with Crippen molar-refractivity contribution in [3.05, 3.63) is 69.8 Å². The molecule has 0 unspecified atom stereocenters. The second kappa shape index (κ2) is 10.1. The second-order valence-corrected chi connectivity index (χ2v) is 6.54. The van der Waals surface area contributed by atoms with Crippen LogP contribution in [0, 0.1) is 17.0 Å². The number of non-ortho nitro benzene ring substituents is 1. The number of hydrogen-bond acceptors (Lipinski definition) is 7. The van der Waals surface area contributed by atoms with E-state index < -0.39 is 29.3 Å². The summed E-state index contributed by atoms with van der Waals surface area (Å²) in [4.78, 5) is 46.2. The monoisotopic (exact) mass is 403 g/mol. The largest absolute Gasteiger partial charge is 0.455 e. The molecule has 0 heterocycles. The van der Waals surface area contributed by atoms with Gasteiger partial charge in [0.1, 0.15) is 0 Å². The van der Waals surface area contributed by atoms with Crippen molar-refractivity contribution in [1.29, 1.82) is 0 Å². The van der Waals surface area contributed by atoms with Gasteiger partial charge in [0, 0.05) is 22.6 Å². The first-order valence-corrected chi connectivity index (χ1v) is 9.03. The van der Waals surface area contributed by atoms with Gasteiger partial charge in [0.15, 0.2) is 6.61 Å². The Kier molecular flexibility index (Phi) is 7.52. The van der Waals surface area contributed by atoms with Crippen LogP contribution in [0.3, 0.4) is 0 Å². The Hall–Kier alpha value is -3.40. The van der Waals surface area contributed by atoms with Crippen LogP contribution < -0.4 is 10.9 Å². The Morgan fingerprint density at radius 3 is 2.39 bits per heavy atom. The van der Waals surface area contributed by atoms with Crippen molar-refractivity contribution < 1.29 is 24.0 Å². The number of nitrogens with one attached hydrogen (secondary N) is 2. The van der Waals surface area contributed by atoms with Crippen LogP contribution in [0.4, 0.5) is 5.69 Å². The minimum atomic E-state index is -0.718. The number of hydrogen-bond donors (Lipinski definition) is 2. The average molecular weight is 403 g/mol. The molecule has 0 aromatic heterocycles. The molecular weight excluding hydrogens is 386 g/mol. The van der Waals surface area contributed by atoms with Crippen molar-refractivity contribution in [2.45, 2.75) is 11.8 Å². The zero-order valence-corrected chi connectivity index (χ0v) is 15.7. The molecule has 2 aromatic rings. The van der Waals surface area contributed by atoms with Crippen LogP contribution in [0.1, 0.15) is 15.9 Å². The van der Waals surface area contributed by atoms with E-state index in [2.05, 4.69) is 10.9 Å². The number of hydrazine groups is 1. The van der Waals surface area contributed by atoms with Crippen LogP contribution in [0.15, 0.2) is 53.4 Å². The molecule has 2 rings (SSSR count). The molecule has 0 radical (unpaired) electrons. The average Bonchev–Trinajstić information content (AvgIpc) is 2.69. The molecule has 0 saturated carbocycles. The fraction of sp³-hybridized carbons (Fsp3) is 0.167. The number of nitro benzene ring substituents is 1. The lowest BCUT2D eigenvalue weighted by Crippen LogP contribution is -2.43. The van der Waals surface area contributed by atoms with Gasteiger partial charge in [0.2, 0.25) is 0 Å². The van der Waals surface area contributed by atoms with Crippen molar-refractivity contribution in [3.63, 3.8) is 0 Å². The molecule has 2 N–H and O–H groups in total.